The number of pyridine rings is 1. The zero-order valence-corrected chi connectivity index (χ0v) is 10.2. The van der Waals surface area contributed by atoms with Crippen LogP contribution in [-0.4, -0.2) is 4.98 Å². The molecule has 2 aromatic rings. The summed E-state index contributed by atoms with van der Waals surface area (Å²) in [6.45, 7) is 0. The number of nitriles is 1. The van der Waals surface area contributed by atoms with E-state index in [0.29, 0.717) is 22.6 Å². The third-order valence-electron chi connectivity index (χ3n) is 2.31. The van der Waals surface area contributed by atoms with Crippen LogP contribution in [0.2, 0.25) is 0 Å². The Hall–Kier alpha value is -2.06. The van der Waals surface area contributed by atoms with Gasteiger partial charge in [-0.25, -0.2) is 9.37 Å². The Morgan fingerprint density at radius 3 is 2.83 bits per heavy atom. The van der Waals surface area contributed by atoms with Crippen LogP contribution >= 0.6 is 11.8 Å². The average molecular weight is 259 g/mol. The Bertz CT molecular complexity index is 590. The van der Waals surface area contributed by atoms with Gasteiger partial charge in [0.1, 0.15) is 5.82 Å². The molecule has 0 saturated carbocycles. The number of hydrogen-bond donors (Lipinski definition) is 1. The summed E-state index contributed by atoms with van der Waals surface area (Å²) in [5.41, 5.74) is 7.08. The molecule has 2 N–H and O–H groups in total. The second-order valence-electron chi connectivity index (χ2n) is 3.64. The molecule has 1 aromatic heterocycles. The van der Waals surface area contributed by atoms with E-state index >= 15 is 0 Å². The van der Waals surface area contributed by atoms with Gasteiger partial charge in [-0.1, -0.05) is 0 Å². The number of halogens is 1. The summed E-state index contributed by atoms with van der Waals surface area (Å²) in [6, 6.07) is 9.85. The Labute approximate surface area is 108 Å². The lowest BCUT2D eigenvalue weighted by Crippen LogP contribution is -1.91. The number of benzene rings is 1. The smallest absolute Gasteiger partial charge is 0.127 e. The van der Waals surface area contributed by atoms with Gasteiger partial charge < -0.3 is 5.73 Å². The quantitative estimate of drug-likeness (QED) is 0.861. The van der Waals surface area contributed by atoms with Crippen molar-refractivity contribution in [1.29, 1.82) is 5.26 Å². The van der Waals surface area contributed by atoms with Crippen molar-refractivity contribution in [3.63, 3.8) is 0 Å². The molecular weight excluding hydrogens is 249 g/mol. The predicted octanol–water partition coefficient (Wildman–Crippen LogP) is 2.97. The van der Waals surface area contributed by atoms with E-state index in [1.165, 1.54) is 23.9 Å². The van der Waals surface area contributed by atoms with Crippen LogP contribution in [0.4, 0.5) is 10.1 Å². The van der Waals surface area contributed by atoms with E-state index in [4.69, 9.17) is 11.0 Å². The van der Waals surface area contributed by atoms with Gasteiger partial charge in [-0.15, -0.1) is 11.8 Å². The molecule has 0 amide bonds. The lowest BCUT2D eigenvalue weighted by atomic mass is 10.1. The first-order valence-corrected chi connectivity index (χ1v) is 6.20. The van der Waals surface area contributed by atoms with Gasteiger partial charge in [0, 0.05) is 5.75 Å². The summed E-state index contributed by atoms with van der Waals surface area (Å²) in [7, 11) is 0. The van der Waals surface area contributed by atoms with E-state index in [0.717, 1.165) is 5.03 Å². The van der Waals surface area contributed by atoms with Crippen molar-refractivity contribution in [2.24, 2.45) is 0 Å². The second-order valence-corrected chi connectivity index (χ2v) is 4.63. The van der Waals surface area contributed by atoms with Crippen LogP contribution < -0.4 is 5.73 Å². The van der Waals surface area contributed by atoms with Crippen molar-refractivity contribution in [1.82, 2.24) is 4.98 Å². The van der Waals surface area contributed by atoms with Gasteiger partial charge in [0.15, 0.2) is 0 Å². The average Bonchev–Trinajstić information content (AvgIpc) is 2.40. The fourth-order valence-corrected chi connectivity index (χ4v) is 2.20. The van der Waals surface area contributed by atoms with Crippen LogP contribution in [0, 0.1) is 17.1 Å². The maximum absolute atomic E-state index is 13.5. The first-order valence-electron chi connectivity index (χ1n) is 5.22. The predicted molar refractivity (Wildman–Crippen MR) is 69.3 cm³/mol. The third kappa shape index (κ3) is 2.99. The largest absolute Gasteiger partial charge is 0.397 e. The van der Waals surface area contributed by atoms with Crippen molar-refractivity contribution in [2.75, 3.05) is 5.73 Å². The van der Waals surface area contributed by atoms with E-state index in [-0.39, 0.29) is 5.82 Å². The third-order valence-corrected chi connectivity index (χ3v) is 3.30. The minimum atomic E-state index is -0.308. The molecule has 1 heterocycles. The zero-order valence-electron chi connectivity index (χ0n) is 9.43. The minimum absolute atomic E-state index is 0.308. The number of anilines is 1. The van der Waals surface area contributed by atoms with E-state index < -0.39 is 0 Å². The van der Waals surface area contributed by atoms with Crippen molar-refractivity contribution in [2.45, 2.75) is 10.8 Å². The summed E-state index contributed by atoms with van der Waals surface area (Å²) in [4.78, 5) is 4.12. The fourth-order valence-electron chi connectivity index (χ4n) is 1.38. The Morgan fingerprint density at radius 1 is 1.33 bits per heavy atom. The molecule has 0 radical (unpaired) electrons. The molecular formula is C13H10FN3S. The second kappa shape index (κ2) is 5.52. The number of aromatic nitrogens is 1. The molecule has 0 saturated heterocycles. The maximum atomic E-state index is 13.5. The molecule has 0 bridgehead atoms. The van der Waals surface area contributed by atoms with Crippen LogP contribution in [0.3, 0.4) is 0 Å². The molecule has 0 fully saturated rings. The lowest BCUT2D eigenvalue weighted by molar-refractivity contribution is 0.617. The van der Waals surface area contributed by atoms with Crippen LogP contribution in [0.1, 0.15) is 11.1 Å². The first-order chi connectivity index (χ1) is 8.69. The van der Waals surface area contributed by atoms with Crippen LogP contribution in [0.15, 0.2) is 41.6 Å². The Morgan fingerprint density at radius 2 is 2.17 bits per heavy atom. The van der Waals surface area contributed by atoms with E-state index in [9.17, 15) is 4.39 Å². The number of hydrogen-bond acceptors (Lipinski definition) is 4. The van der Waals surface area contributed by atoms with Gasteiger partial charge in [0.2, 0.25) is 0 Å². The van der Waals surface area contributed by atoms with Crippen LogP contribution in [-0.2, 0) is 5.75 Å². The summed E-state index contributed by atoms with van der Waals surface area (Å²) < 4.78 is 13.5. The molecule has 18 heavy (non-hydrogen) atoms. The highest BCUT2D eigenvalue weighted by atomic mass is 32.2. The highest BCUT2D eigenvalue weighted by molar-refractivity contribution is 7.98. The zero-order chi connectivity index (χ0) is 13.0. The summed E-state index contributed by atoms with van der Waals surface area (Å²) in [5, 5.41) is 9.53. The van der Waals surface area contributed by atoms with Crippen molar-refractivity contribution < 1.29 is 4.39 Å². The van der Waals surface area contributed by atoms with Gasteiger partial charge >= 0.3 is 0 Å². The van der Waals surface area contributed by atoms with Crippen molar-refractivity contribution in [3.8, 4) is 6.07 Å². The van der Waals surface area contributed by atoms with Gasteiger partial charge in [0.05, 0.1) is 28.5 Å². The standard InChI is InChI=1S/C13H10FN3S/c14-12-3-1-9(6-15)5-10(12)8-18-13-4-2-11(16)7-17-13/h1-5,7H,8,16H2. The highest BCUT2D eigenvalue weighted by Gasteiger charge is 2.05. The van der Waals surface area contributed by atoms with Gasteiger partial charge in [0.25, 0.3) is 0 Å². The molecule has 3 nitrogen and oxygen atoms in total. The number of rotatable bonds is 3. The highest BCUT2D eigenvalue weighted by Crippen LogP contribution is 2.23. The number of nitrogen functional groups attached to an aromatic ring is 1. The van der Waals surface area contributed by atoms with E-state index in [2.05, 4.69) is 4.98 Å². The molecule has 0 aliphatic heterocycles. The van der Waals surface area contributed by atoms with Crippen molar-refractivity contribution in [3.05, 3.63) is 53.5 Å². The summed E-state index contributed by atoms with van der Waals surface area (Å²) in [5.74, 6) is 0.120. The molecule has 90 valence electrons. The molecule has 1 aromatic carbocycles. The topological polar surface area (TPSA) is 62.7 Å². The monoisotopic (exact) mass is 259 g/mol. The van der Waals surface area contributed by atoms with E-state index in [1.54, 1.807) is 24.4 Å². The van der Waals surface area contributed by atoms with E-state index in [1.807, 2.05) is 6.07 Å². The Kier molecular flexibility index (Phi) is 3.80. The maximum Gasteiger partial charge on any atom is 0.127 e. The first kappa shape index (κ1) is 12.4. The normalized spacial score (nSPS) is 10.0. The van der Waals surface area contributed by atoms with Gasteiger partial charge in [-0.3, -0.25) is 0 Å². The molecule has 0 aliphatic rings. The van der Waals surface area contributed by atoms with Crippen LogP contribution in [0.5, 0.6) is 0 Å². The van der Waals surface area contributed by atoms with Crippen LogP contribution in [0.25, 0.3) is 0 Å². The van der Waals surface area contributed by atoms with Gasteiger partial charge in [-0.2, -0.15) is 5.26 Å². The van der Waals surface area contributed by atoms with Crippen molar-refractivity contribution >= 4 is 17.4 Å². The minimum Gasteiger partial charge on any atom is -0.397 e. The number of thioether (sulfide) groups is 1. The lowest BCUT2D eigenvalue weighted by Gasteiger charge is -2.03. The van der Waals surface area contributed by atoms with Gasteiger partial charge in [-0.05, 0) is 35.9 Å². The fraction of sp³-hybridized carbons (Fsp3) is 0.0769. The molecule has 0 spiro atoms. The number of nitrogens with zero attached hydrogens (tertiary/aromatic N) is 2. The number of nitrogens with two attached hydrogens (primary N) is 1. The Balaban J connectivity index is 2.10. The summed E-state index contributed by atoms with van der Waals surface area (Å²) >= 11 is 1.40. The molecule has 0 atom stereocenters. The molecule has 5 heteroatoms. The molecule has 0 aliphatic carbocycles. The SMILES string of the molecule is N#Cc1ccc(F)c(CSc2ccc(N)cn2)c1. The molecule has 0 unspecified atom stereocenters. The molecule has 2 rings (SSSR count). The summed E-state index contributed by atoms with van der Waals surface area (Å²) in [6.07, 6.45) is 1.56.